The zero-order valence-corrected chi connectivity index (χ0v) is 10.2. The Labute approximate surface area is 93.7 Å². The summed E-state index contributed by atoms with van der Waals surface area (Å²) in [5.74, 6) is 2.36. The average molecular weight is 202 g/mol. The van der Waals surface area contributed by atoms with E-state index in [1.54, 1.807) is 5.56 Å². The van der Waals surface area contributed by atoms with Crippen molar-refractivity contribution in [2.24, 2.45) is 5.92 Å². The summed E-state index contributed by atoms with van der Waals surface area (Å²) < 4.78 is 0. The van der Waals surface area contributed by atoms with E-state index in [0.29, 0.717) is 5.92 Å². The van der Waals surface area contributed by atoms with E-state index in [0.717, 1.165) is 11.8 Å². The van der Waals surface area contributed by atoms with Crippen molar-refractivity contribution in [1.29, 1.82) is 0 Å². The monoisotopic (exact) mass is 202 g/mol. The third-order valence-corrected chi connectivity index (χ3v) is 3.96. The van der Waals surface area contributed by atoms with Gasteiger partial charge in [-0.25, -0.2) is 0 Å². The molecule has 0 nitrogen and oxygen atoms in total. The molecular weight excluding hydrogens is 180 g/mol. The molecule has 1 saturated carbocycles. The Kier molecular flexibility index (Phi) is 3.14. The second-order valence-corrected chi connectivity index (χ2v) is 5.30. The Morgan fingerprint density at radius 1 is 1.07 bits per heavy atom. The first-order valence-corrected chi connectivity index (χ1v) is 6.28. The summed E-state index contributed by atoms with van der Waals surface area (Å²) in [5.41, 5.74) is 3.03. The Morgan fingerprint density at radius 3 is 2.27 bits per heavy atom. The van der Waals surface area contributed by atoms with E-state index in [1.165, 1.54) is 24.8 Å². The van der Waals surface area contributed by atoms with Gasteiger partial charge in [0.05, 0.1) is 0 Å². The maximum atomic E-state index is 2.41. The fourth-order valence-electron chi connectivity index (χ4n) is 2.41. The Morgan fingerprint density at radius 2 is 1.73 bits per heavy atom. The topological polar surface area (TPSA) is 0 Å². The molecule has 0 amide bonds. The van der Waals surface area contributed by atoms with E-state index in [9.17, 15) is 0 Å². The van der Waals surface area contributed by atoms with Crippen LogP contribution in [0.15, 0.2) is 24.3 Å². The van der Waals surface area contributed by atoms with Crippen LogP contribution in [0.2, 0.25) is 0 Å². The largest absolute Gasteiger partial charge is 0.0617 e. The molecule has 15 heavy (non-hydrogen) atoms. The summed E-state index contributed by atoms with van der Waals surface area (Å²) in [5, 5.41) is 0. The molecule has 1 aromatic carbocycles. The second-order valence-electron chi connectivity index (χ2n) is 5.30. The lowest BCUT2D eigenvalue weighted by Gasteiger charge is -2.32. The van der Waals surface area contributed by atoms with Gasteiger partial charge in [0.2, 0.25) is 0 Å². The second kappa shape index (κ2) is 4.38. The van der Waals surface area contributed by atoms with Gasteiger partial charge in [-0.05, 0) is 41.7 Å². The molecule has 0 N–H and O–H groups in total. The zero-order valence-electron chi connectivity index (χ0n) is 10.2. The molecule has 82 valence electrons. The van der Waals surface area contributed by atoms with Gasteiger partial charge in [-0.15, -0.1) is 0 Å². The zero-order chi connectivity index (χ0) is 10.8. The third kappa shape index (κ3) is 2.25. The molecular formula is C15H22. The van der Waals surface area contributed by atoms with Gasteiger partial charge in [0.25, 0.3) is 0 Å². The number of hydrogen-bond donors (Lipinski definition) is 0. The summed E-state index contributed by atoms with van der Waals surface area (Å²) in [7, 11) is 0. The van der Waals surface area contributed by atoms with E-state index in [4.69, 9.17) is 0 Å². The molecule has 0 heterocycles. The highest BCUT2D eigenvalue weighted by Gasteiger charge is 2.24. The van der Waals surface area contributed by atoms with Crippen molar-refractivity contribution in [3.05, 3.63) is 35.4 Å². The van der Waals surface area contributed by atoms with Gasteiger partial charge in [0.15, 0.2) is 0 Å². The van der Waals surface area contributed by atoms with Crippen LogP contribution < -0.4 is 0 Å². The highest BCUT2D eigenvalue weighted by Crippen LogP contribution is 2.39. The van der Waals surface area contributed by atoms with Crippen molar-refractivity contribution in [2.75, 3.05) is 0 Å². The van der Waals surface area contributed by atoms with Gasteiger partial charge in [0.1, 0.15) is 0 Å². The molecule has 1 aliphatic carbocycles. The van der Waals surface area contributed by atoms with Crippen LogP contribution in [0.4, 0.5) is 0 Å². The van der Waals surface area contributed by atoms with Crippen LogP contribution in [0.3, 0.4) is 0 Å². The fourth-order valence-corrected chi connectivity index (χ4v) is 2.41. The third-order valence-electron chi connectivity index (χ3n) is 3.96. The lowest BCUT2D eigenvalue weighted by atomic mass is 9.73. The first-order valence-electron chi connectivity index (χ1n) is 6.28. The van der Waals surface area contributed by atoms with Gasteiger partial charge in [-0.2, -0.15) is 0 Å². The van der Waals surface area contributed by atoms with E-state index in [1.807, 2.05) is 0 Å². The van der Waals surface area contributed by atoms with Gasteiger partial charge < -0.3 is 0 Å². The van der Waals surface area contributed by atoms with E-state index >= 15 is 0 Å². The van der Waals surface area contributed by atoms with Crippen LogP contribution in [-0.4, -0.2) is 0 Å². The van der Waals surface area contributed by atoms with E-state index in [-0.39, 0.29) is 0 Å². The van der Waals surface area contributed by atoms with Crippen molar-refractivity contribution < 1.29 is 0 Å². The Hall–Kier alpha value is -0.780. The van der Waals surface area contributed by atoms with Gasteiger partial charge in [-0.1, -0.05) is 51.5 Å². The Balaban J connectivity index is 2.16. The minimum absolute atomic E-state index is 0.651. The smallest absolute Gasteiger partial charge is 0.0162 e. The van der Waals surface area contributed by atoms with Crippen LogP contribution in [0, 0.1) is 5.92 Å². The quantitative estimate of drug-likeness (QED) is 0.665. The fraction of sp³-hybridized carbons (Fsp3) is 0.600. The summed E-state index contributed by atoms with van der Waals surface area (Å²) >= 11 is 0. The standard InChI is InChI=1S/C15H22/c1-11(2)14-8-5-9-15(10-14)12(3)13-6-4-7-13/h5,8-13H,4,6-7H2,1-3H3/t12-/m1/s1. The molecule has 1 fully saturated rings. The summed E-state index contributed by atoms with van der Waals surface area (Å²) in [6, 6.07) is 9.18. The van der Waals surface area contributed by atoms with Crippen molar-refractivity contribution >= 4 is 0 Å². The molecule has 0 aromatic heterocycles. The van der Waals surface area contributed by atoms with Crippen LogP contribution >= 0.6 is 0 Å². The van der Waals surface area contributed by atoms with Crippen molar-refractivity contribution in [3.63, 3.8) is 0 Å². The molecule has 1 atom stereocenters. The predicted octanol–water partition coefficient (Wildman–Crippen LogP) is 4.71. The lowest BCUT2D eigenvalue weighted by Crippen LogP contribution is -2.18. The SMILES string of the molecule is CC(C)c1cccc([C@H](C)C2CCC2)c1. The molecule has 2 rings (SSSR count). The van der Waals surface area contributed by atoms with E-state index < -0.39 is 0 Å². The van der Waals surface area contributed by atoms with Crippen LogP contribution in [0.25, 0.3) is 0 Å². The predicted molar refractivity (Wildman–Crippen MR) is 66.3 cm³/mol. The van der Waals surface area contributed by atoms with Gasteiger partial charge >= 0.3 is 0 Å². The molecule has 1 aliphatic rings. The van der Waals surface area contributed by atoms with E-state index in [2.05, 4.69) is 45.0 Å². The minimum Gasteiger partial charge on any atom is -0.0617 e. The molecule has 0 unspecified atom stereocenters. The first-order chi connectivity index (χ1) is 7.18. The minimum atomic E-state index is 0.651. The van der Waals surface area contributed by atoms with Crippen LogP contribution in [0.1, 0.15) is 63.0 Å². The highest BCUT2D eigenvalue weighted by molar-refractivity contribution is 5.28. The molecule has 1 aromatic rings. The molecule has 0 radical (unpaired) electrons. The van der Waals surface area contributed by atoms with Crippen LogP contribution in [-0.2, 0) is 0 Å². The number of hydrogen-bond acceptors (Lipinski definition) is 0. The summed E-state index contributed by atoms with van der Waals surface area (Å²) in [6.07, 6.45) is 4.32. The summed E-state index contributed by atoms with van der Waals surface area (Å²) in [4.78, 5) is 0. The Bertz CT molecular complexity index is 321. The van der Waals surface area contributed by atoms with Crippen molar-refractivity contribution in [1.82, 2.24) is 0 Å². The lowest BCUT2D eigenvalue weighted by molar-refractivity contribution is 0.272. The molecule has 0 bridgehead atoms. The van der Waals surface area contributed by atoms with Crippen molar-refractivity contribution in [3.8, 4) is 0 Å². The number of rotatable bonds is 3. The maximum Gasteiger partial charge on any atom is -0.0162 e. The van der Waals surface area contributed by atoms with Gasteiger partial charge in [-0.3, -0.25) is 0 Å². The van der Waals surface area contributed by atoms with Crippen LogP contribution in [0.5, 0.6) is 0 Å². The molecule has 0 saturated heterocycles. The molecule has 0 heteroatoms. The summed E-state index contributed by atoms with van der Waals surface area (Å²) in [6.45, 7) is 6.93. The molecule has 0 spiro atoms. The maximum absolute atomic E-state index is 2.41. The van der Waals surface area contributed by atoms with Crippen molar-refractivity contribution in [2.45, 2.75) is 51.9 Å². The average Bonchev–Trinajstić information content (AvgIpc) is 2.15. The number of benzene rings is 1. The normalized spacial score (nSPS) is 18.9. The molecule has 0 aliphatic heterocycles. The highest BCUT2D eigenvalue weighted by atomic mass is 14.3. The van der Waals surface area contributed by atoms with Gasteiger partial charge in [0, 0.05) is 0 Å². The first kappa shape index (κ1) is 10.7.